The summed E-state index contributed by atoms with van der Waals surface area (Å²) in [6, 6.07) is 16.6. The Balaban J connectivity index is 2.03. The predicted octanol–water partition coefficient (Wildman–Crippen LogP) is 5.02. The van der Waals surface area contributed by atoms with Gasteiger partial charge >= 0.3 is 0 Å². The zero-order chi connectivity index (χ0) is 29.3. The molecule has 0 saturated carbocycles. The quantitative estimate of drug-likeness (QED) is 0.302. The molecule has 214 valence electrons. The van der Waals surface area contributed by atoms with Gasteiger partial charge in [-0.2, -0.15) is 0 Å². The van der Waals surface area contributed by atoms with Crippen molar-refractivity contribution in [1.82, 2.24) is 10.2 Å². The lowest BCUT2D eigenvalue weighted by atomic mass is 10.1. The topological polar surface area (TPSA) is 96.0 Å². The summed E-state index contributed by atoms with van der Waals surface area (Å²) in [7, 11) is -4.31. The van der Waals surface area contributed by atoms with E-state index >= 15 is 0 Å². The van der Waals surface area contributed by atoms with Gasteiger partial charge in [0.15, 0.2) is 0 Å². The summed E-state index contributed by atoms with van der Waals surface area (Å²) in [5, 5.41) is 3.19. The molecule has 2 amide bonds. The van der Waals surface area contributed by atoms with Crippen LogP contribution >= 0.6 is 11.6 Å². The molecule has 3 aromatic carbocycles. The van der Waals surface area contributed by atoms with Crippen LogP contribution in [0.3, 0.4) is 0 Å². The van der Waals surface area contributed by atoms with Gasteiger partial charge in [0.05, 0.1) is 17.2 Å². The number of hydrogen-bond donors (Lipinski definition) is 1. The summed E-state index contributed by atoms with van der Waals surface area (Å²) in [4.78, 5) is 27.9. The number of nitrogens with one attached hydrogen (secondary N) is 1. The van der Waals surface area contributed by atoms with Crippen molar-refractivity contribution < 1.29 is 27.1 Å². The van der Waals surface area contributed by atoms with E-state index in [4.69, 9.17) is 16.3 Å². The number of ether oxygens (including phenoxy) is 1. The van der Waals surface area contributed by atoms with Gasteiger partial charge in [0, 0.05) is 18.1 Å². The average molecular weight is 590 g/mol. The smallest absolute Gasteiger partial charge is 0.264 e. The van der Waals surface area contributed by atoms with E-state index in [1.165, 1.54) is 17.0 Å². The van der Waals surface area contributed by atoms with Gasteiger partial charge in [0.25, 0.3) is 10.0 Å². The Hall–Kier alpha value is -3.63. The summed E-state index contributed by atoms with van der Waals surface area (Å²) >= 11 is 6.36. The molecule has 3 rings (SSSR count). The molecule has 1 unspecified atom stereocenters. The molecule has 0 radical (unpaired) electrons. The Kier molecular flexibility index (Phi) is 10.9. The van der Waals surface area contributed by atoms with E-state index in [0.29, 0.717) is 35.9 Å². The van der Waals surface area contributed by atoms with Crippen LogP contribution in [0.1, 0.15) is 32.8 Å². The maximum Gasteiger partial charge on any atom is 0.264 e. The van der Waals surface area contributed by atoms with Gasteiger partial charge in [0.1, 0.15) is 24.2 Å². The molecule has 0 spiro atoms. The van der Waals surface area contributed by atoms with Gasteiger partial charge in [-0.05, 0) is 80.4 Å². The lowest BCUT2D eigenvalue weighted by Gasteiger charge is -2.32. The van der Waals surface area contributed by atoms with Crippen LogP contribution in [-0.2, 0) is 26.2 Å². The number of sulfonamides is 1. The highest BCUT2D eigenvalue weighted by atomic mass is 35.5. The first-order valence-corrected chi connectivity index (χ1v) is 14.7. The fourth-order valence-corrected chi connectivity index (χ4v) is 5.54. The zero-order valence-corrected chi connectivity index (χ0v) is 24.2. The molecular weight excluding hydrogens is 557 g/mol. The SMILES string of the molecule is CCCNC(=O)C(C)N(Cc1ccccc1Cl)C(=O)CN(c1ccc(OCC)cc1)S(=O)(=O)c1ccc(F)cc1. The first kappa shape index (κ1) is 30.9. The standard InChI is InChI=1S/C29H33ClFN3O5S/c1-4-18-32-29(36)21(3)33(19-22-8-6-7-9-27(22)30)28(35)20-34(24-12-14-25(15-13-24)39-5-2)40(37,38)26-16-10-23(31)11-17-26/h6-17,21H,4-5,18-20H2,1-3H3,(H,32,36). The van der Waals surface area contributed by atoms with E-state index in [9.17, 15) is 22.4 Å². The van der Waals surface area contributed by atoms with Crippen molar-refractivity contribution in [3.8, 4) is 5.75 Å². The average Bonchev–Trinajstić information content (AvgIpc) is 2.94. The third-order valence-corrected chi connectivity index (χ3v) is 8.29. The van der Waals surface area contributed by atoms with Crippen LogP contribution in [-0.4, -0.2) is 50.9 Å². The Labute approximate surface area is 239 Å². The maximum absolute atomic E-state index is 13.9. The molecule has 1 N–H and O–H groups in total. The van der Waals surface area contributed by atoms with Crippen molar-refractivity contribution >= 4 is 39.1 Å². The summed E-state index contributed by atoms with van der Waals surface area (Å²) in [6.45, 7) is 5.51. The lowest BCUT2D eigenvalue weighted by molar-refractivity contribution is -0.139. The van der Waals surface area contributed by atoms with E-state index in [1.54, 1.807) is 43.3 Å². The third kappa shape index (κ3) is 7.73. The minimum atomic E-state index is -4.31. The van der Waals surface area contributed by atoms with Gasteiger partial charge in [0.2, 0.25) is 11.8 Å². The Morgan fingerprint density at radius 2 is 1.65 bits per heavy atom. The molecule has 11 heteroatoms. The molecule has 3 aromatic rings. The van der Waals surface area contributed by atoms with Crippen LogP contribution in [0.15, 0.2) is 77.7 Å². The molecule has 0 aliphatic rings. The van der Waals surface area contributed by atoms with E-state index in [0.717, 1.165) is 28.6 Å². The van der Waals surface area contributed by atoms with Gasteiger partial charge in [-0.1, -0.05) is 36.7 Å². The van der Waals surface area contributed by atoms with Crippen molar-refractivity contribution in [3.05, 3.63) is 89.2 Å². The van der Waals surface area contributed by atoms with E-state index < -0.39 is 34.3 Å². The number of halogens is 2. The monoisotopic (exact) mass is 589 g/mol. The van der Waals surface area contributed by atoms with Crippen LogP contribution in [0.5, 0.6) is 5.75 Å². The molecule has 1 atom stereocenters. The van der Waals surface area contributed by atoms with Crippen molar-refractivity contribution in [2.45, 2.75) is 44.7 Å². The van der Waals surface area contributed by atoms with Crippen molar-refractivity contribution in [3.63, 3.8) is 0 Å². The predicted molar refractivity (Wildman–Crippen MR) is 153 cm³/mol. The number of anilines is 1. The highest BCUT2D eigenvalue weighted by Gasteiger charge is 2.32. The molecule has 8 nitrogen and oxygen atoms in total. The molecule has 0 aliphatic heterocycles. The molecule has 0 aliphatic carbocycles. The van der Waals surface area contributed by atoms with Crippen LogP contribution < -0.4 is 14.4 Å². The highest BCUT2D eigenvalue weighted by molar-refractivity contribution is 7.92. The van der Waals surface area contributed by atoms with Crippen molar-refractivity contribution in [2.24, 2.45) is 0 Å². The van der Waals surface area contributed by atoms with Gasteiger partial charge in [-0.15, -0.1) is 0 Å². The number of amides is 2. The Bertz CT molecular complexity index is 1400. The second-order valence-corrected chi connectivity index (χ2v) is 11.2. The number of rotatable bonds is 13. The first-order chi connectivity index (χ1) is 19.1. The summed E-state index contributed by atoms with van der Waals surface area (Å²) < 4.78 is 47.5. The van der Waals surface area contributed by atoms with E-state index in [-0.39, 0.29) is 23.0 Å². The van der Waals surface area contributed by atoms with E-state index in [2.05, 4.69) is 5.32 Å². The first-order valence-electron chi connectivity index (χ1n) is 12.9. The summed E-state index contributed by atoms with van der Waals surface area (Å²) in [5.41, 5.74) is 0.795. The molecule has 0 bridgehead atoms. The molecule has 0 saturated heterocycles. The minimum Gasteiger partial charge on any atom is -0.494 e. The highest BCUT2D eigenvalue weighted by Crippen LogP contribution is 2.27. The maximum atomic E-state index is 13.9. The summed E-state index contributed by atoms with van der Waals surface area (Å²) in [5.74, 6) is -1.08. The molecule has 0 fully saturated rings. The fraction of sp³-hybridized carbons (Fsp3) is 0.310. The van der Waals surface area contributed by atoms with Crippen LogP contribution in [0.2, 0.25) is 5.02 Å². The fourth-order valence-electron chi connectivity index (χ4n) is 3.93. The number of nitrogens with zero attached hydrogens (tertiary/aromatic N) is 2. The number of carbonyl (C=O) groups excluding carboxylic acids is 2. The van der Waals surface area contributed by atoms with Crippen molar-refractivity contribution in [1.29, 1.82) is 0 Å². The van der Waals surface area contributed by atoms with Gasteiger partial charge in [-0.3, -0.25) is 13.9 Å². The van der Waals surface area contributed by atoms with Crippen molar-refractivity contribution in [2.75, 3.05) is 24.0 Å². The molecular formula is C29H33ClFN3O5S. The Morgan fingerprint density at radius 1 is 1.00 bits per heavy atom. The molecule has 0 heterocycles. The van der Waals surface area contributed by atoms with Gasteiger partial charge in [-0.25, -0.2) is 12.8 Å². The van der Waals surface area contributed by atoms with Crippen LogP contribution in [0, 0.1) is 5.82 Å². The van der Waals surface area contributed by atoms with E-state index in [1.807, 2.05) is 13.8 Å². The normalized spacial score (nSPS) is 11.9. The second kappa shape index (κ2) is 14.1. The Morgan fingerprint density at radius 3 is 2.25 bits per heavy atom. The third-order valence-electron chi connectivity index (χ3n) is 6.13. The minimum absolute atomic E-state index is 0.0209. The number of benzene rings is 3. The second-order valence-electron chi connectivity index (χ2n) is 8.97. The zero-order valence-electron chi connectivity index (χ0n) is 22.6. The lowest BCUT2D eigenvalue weighted by Crippen LogP contribution is -2.51. The number of hydrogen-bond acceptors (Lipinski definition) is 5. The molecule has 40 heavy (non-hydrogen) atoms. The summed E-state index contributed by atoms with van der Waals surface area (Å²) in [6.07, 6.45) is 0.707. The van der Waals surface area contributed by atoms with Gasteiger partial charge < -0.3 is 15.0 Å². The molecule has 0 aromatic heterocycles. The number of carbonyl (C=O) groups is 2. The van der Waals surface area contributed by atoms with Crippen LogP contribution in [0.25, 0.3) is 0 Å². The van der Waals surface area contributed by atoms with Crippen LogP contribution in [0.4, 0.5) is 10.1 Å². The largest absolute Gasteiger partial charge is 0.494 e.